The molecule has 0 amide bonds. The molecule has 0 aromatic carbocycles. The van der Waals surface area contributed by atoms with E-state index in [1.54, 1.807) is 23.8 Å². The van der Waals surface area contributed by atoms with E-state index in [1.165, 1.54) is 4.68 Å². The van der Waals surface area contributed by atoms with Crippen molar-refractivity contribution in [3.8, 4) is 23.0 Å². The molecule has 3 unspecified atom stereocenters. The highest BCUT2D eigenvalue weighted by atomic mass is 16.7. The number of aromatic amines is 1. The Kier molecular flexibility index (Phi) is 7.94. The van der Waals surface area contributed by atoms with Gasteiger partial charge in [0.25, 0.3) is 0 Å². The van der Waals surface area contributed by atoms with Gasteiger partial charge in [-0.1, -0.05) is 0 Å². The van der Waals surface area contributed by atoms with Crippen LogP contribution in [0.4, 0.5) is 0 Å². The van der Waals surface area contributed by atoms with Crippen LogP contribution in [0.15, 0.2) is 6.07 Å². The van der Waals surface area contributed by atoms with Crippen LogP contribution in [-0.4, -0.2) is 113 Å². The fourth-order valence-electron chi connectivity index (χ4n) is 5.19. The van der Waals surface area contributed by atoms with Crippen molar-refractivity contribution in [2.45, 2.75) is 57.8 Å². The monoisotopic (exact) mass is 588 g/mol. The molecule has 4 radical (unpaired) electrons. The van der Waals surface area contributed by atoms with Crippen LogP contribution in [0.2, 0.25) is 0 Å². The molecule has 2 bridgehead atoms. The van der Waals surface area contributed by atoms with Crippen molar-refractivity contribution in [3.63, 3.8) is 0 Å². The molecular formula is C27H34B2N8O6. The Morgan fingerprint density at radius 3 is 2.56 bits per heavy atom. The maximum atomic E-state index is 10.5. The molecule has 1 aliphatic rings. The Hall–Kier alpha value is -3.69. The number of hydrogen-bond acceptors (Lipinski definition) is 11. The fraction of sp³-hybridized carbons (Fsp3) is 0.481. The molecule has 5 N–H and O–H groups in total. The summed E-state index contributed by atoms with van der Waals surface area (Å²) in [7, 11) is 14.6. The topological polar surface area (TPSA) is 180 Å². The minimum absolute atomic E-state index is 0.243. The molecule has 43 heavy (non-hydrogen) atoms. The molecule has 5 heterocycles. The summed E-state index contributed by atoms with van der Waals surface area (Å²) in [5, 5.41) is 57.5. The molecule has 5 rings (SSSR count). The number of fused-ring (bicyclic) bond motifs is 4. The molecular weight excluding hydrogens is 554 g/mol. The largest absolute Gasteiger partial charge is 0.473 e. The van der Waals surface area contributed by atoms with E-state index in [2.05, 4.69) is 20.4 Å². The molecule has 4 aromatic rings. The zero-order valence-corrected chi connectivity index (χ0v) is 24.9. The molecule has 0 saturated heterocycles. The third kappa shape index (κ3) is 5.68. The Labute approximate surface area is 250 Å². The number of nitrogens with zero attached hydrogens (tertiary/aromatic N) is 7. The number of H-pyrrole nitrogens is 1. The molecule has 0 fully saturated rings. The average Bonchev–Trinajstić information content (AvgIpc) is 3.54. The summed E-state index contributed by atoms with van der Waals surface area (Å²) in [6.07, 6.45) is 3.13. The molecule has 224 valence electrons. The van der Waals surface area contributed by atoms with E-state index in [0.29, 0.717) is 46.3 Å². The second-order valence-corrected chi connectivity index (χ2v) is 11.1. The van der Waals surface area contributed by atoms with Gasteiger partial charge < -0.3 is 29.9 Å². The van der Waals surface area contributed by atoms with Gasteiger partial charge in [0, 0.05) is 25.5 Å². The predicted molar refractivity (Wildman–Crippen MR) is 159 cm³/mol. The lowest BCUT2D eigenvalue weighted by Gasteiger charge is -2.34. The van der Waals surface area contributed by atoms with Gasteiger partial charge in [0.2, 0.25) is 17.4 Å². The first-order valence-corrected chi connectivity index (χ1v) is 13.7. The molecule has 0 saturated carbocycles. The van der Waals surface area contributed by atoms with Crippen LogP contribution >= 0.6 is 0 Å². The number of pyridine rings is 1. The van der Waals surface area contributed by atoms with Crippen LogP contribution < -0.4 is 9.47 Å². The smallest absolute Gasteiger partial charge is 0.242 e. The van der Waals surface area contributed by atoms with Gasteiger partial charge in [-0.25, -0.2) is 4.68 Å². The number of rotatable bonds is 5. The quantitative estimate of drug-likeness (QED) is 0.158. The van der Waals surface area contributed by atoms with E-state index in [1.807, 2.05) is 45.8 Å². The lowest BCUT2D eigenvalue weighted by Crippen LogP contribution is -2.59. The summed E-state index contributed by atoms with van der Waals surface area (Å²) in [6.45, 7) is 7.95. The highest BCUT2D eigenvalue weighted by Gasteiger charge is 2.42. The van der Waals surface area contributed by atoms with Crippen LogP contribution in [0.1, 0.15) is 48.2 Å². The van der Waals surface area contributed by atoms with Crippen molar-refractivity contribution in [1.29, 1.82) is 0 Å². The average molecular weight is 588 g/mol. The second kappa shape index (κ2) is 11.1. The standard InChI is InChI=1S/C27H34B2N8O6/c1-13(12-38)37-21-11-35(5)10-14(2)42-25-22(15(3)33-36(25)6)20-9-18-19(31-32-23(18)16(4)30-20)8-7-17(21)24(34-37)43-27(29,41)26(28,39)40/h7-9,13-14,38-41H,10-12H2,1-6H3,(H,31,32)/b8-7+. The zero-order valence-electron chi connectivity index (χ0n) is 24.9. The number of nitrogens with one attached hydrogen (secondary N) is 1. The Balaban J connectivity index is 1.75. The second-order valence-electron chi connectivity index (χ2n) is 11.1. The van der Waals surface area contributed by atoms with Gasteiger partial charge >= 0.3 is 0 Å². The normalized spacial score (nSPS) is 19.2. The summed E-state index contributed by atoms with van der Waals surface area (Å²) in [5.41, 5.74) is -1.32. The van der Waals surface area contributed by atoms with Crippen molar-refractivity contribution < 1.29 is 29.9 Å². The summed E-state index contributed by atoms with van der Waals surface area (Å²) < 4.78 is 15.1. The zero-order chi connectivity index (χ0) is 31.4. The van der Waals surface area contributed by atoms with Crippen LogP contribution in [0.3, 0.4) is 0 Å². The van der Waals surface area contributed by atoms with E-state index in [9.17, 15) is 20.4 Å². The molecule has 4 aromatic heterocycles. The maximum absolute atomic E-state index is 10.5. The van der Waals surface area contributed by atoms with E-state index in [-0.39, 0.29) is 25.1 Å². The third-order valence-electron chi connectivity index (χ3n) is 7.37. The third-order valence-corrected chi connectivity index (χ3v) is 7.37. The molecule has 3 atom stereocenters. The lowest BCUT2D eigenvalue weighted by molar-refractivity contribution is -0.255. The molecule has 0 spiro atoms. The number of aliphatic hydroxyl groups is 4. The highest BCUT2D eigenvalue weighted by molar-refractivity contribution is 6.23. The SMILES string of the molecule is [B]C(O)(O)C([B])(O)Oc1nn(C(C)CO)c2c1/C=C/c1[nH]nc3c(C)nc(cc13)-c1c(C)nn(C)c1OC(C)CN(C)C2. The van der Waals surface area contributed by atoms with Gasteiger partial charge in [0.15, 0.2) is 21.4 Å². The van der Waals surface area contributed by atoms with Crippen molar-refractivity contribution in [1.82, 2.24) is 39.6 Å². The first-order chi connectivity index (χ1) is 20.1. The number of aromatic nitrogens is 7. The van der Waals surface area contributed by atoms with Crippen molar-refractivity contribution >= 4 is 38.7 Å². The minimum atomic E-state index is -3.32. The Bertz CT molecular complexity index is 1690. The van der Waals surface area contributed by atoms with Crippen LogP contribution in [0, 0.1) is 13.8 Å². The number of likely N-dealkylation sites (N-methyl/N-ethyl adjacent to an activating group) is 1. The minimum Gasteiger partial charge on any atom is -0.473 e. The van der Waals surface area contributed by atoms with E-state index >= 15 is 0 Å². The van der Waals surface area contributed by atoms with Crippen LogP contribution in [-0.2, 0) is 13.6 Å². The fourth-order valence-corrected chi connectivity index (χ4v) is 5.19. The Morgan fingerprint density at radius 1 is 1.16 bits per heavy atom. The summed E-state index contributed by atoms with van der Waals surface area (Å²) in [4.78, 5) is 6.81. The van der Waals surface area contributed by atoms with Gasteiger partial charge in [-0.2, -0.15) is 10.2 Å². The maximum Gasteiger partial charge on any atom is 0.242 e. The van der Waals surface area contributed by atoms with E-state index in [4.69, 9.17) is 30.2 Å². The van der Waals surface area contributed by atoms with Gasteiger partial charge in [-0.05, 0) is 53.0 Å². The van der Waals surface area contributed by atoms with Gasteiger partial charge in [0.05, 0.1) is 52.2 Å². The Morgan fingerprint density at radius 2 is 1.88 bits per heavy atom. The van der Waals surface area contributed by atoms with Gasteiger partial charge in [0.1, 0.15) is 11.6 Å². The lowest BCUT2D eigenvalue weighted by atomic mass is 9.75. The number of aliphatic hydroxyl groups excluding tert-OH is 1. The summed E-state index contributed by atoms with van der Waals surface area (Å²) >= 11 is 0. The number of aryl methyl sites for hydroxylation is 3. The summed E-state index contributed by atoms with van der Waals surface area (Å²) in [5.74, 6) is 0.337. The van der Waals surface area contributed by atoms with E-state index in [0.717, 1.165) is 16.6 Å². The summed E-state index contributed by atoms with van der Waals surface area (Å²) in [6, 6.07) is 1.39. The molecule has 16 heteroatoms. The van der Waals surface area contributed by atoms with Crippen LogP contribution in [0.25, 0.3) is 34.3 Å². The van der Waals surface area contributed by atoms with Crippen LogP contribution in [0.5, 0.6) is 11.8 Å². The first-order valence-electron chi connectivity index (χ1n) is 13.7. The van der Waals surface area contributed by atoms with Crippen molar-refractivity contribution in [2.24, 2.45) is 7.05 Å². The molecule has 0 aliphatic carbocycles. The predicted octanol–water partition coefficient (Wildman–Crippen LogP) is 0.108. The number of hydrogen-bond donors (Lipinski definition) is 5. The first kappa shape index (κ1) is 30.8. The number of ether oxygens (including phenoxy) is 2. The molecule has 1 aliphatic heterocycles. The molecule has 14 nitrogen and oxygen atoms in total. The van der Waals surface area contributed by atoms with Crippen molar-refractivity contribution in [3.05, 3.63) is 34.4 Å². The van der Waals surface area contributed by atoms with Gasteiger partial charge in [-0.15, -0.1) is 5.10 Å². The van der Waals surface area contributed by atoms with Gasteiger partial charge in [-0.3, -0.25) is 19.7 Å². The highest BCUT2D eigenvalue weighted by Crippen LogP contribution is 2.36. The van der Waals surface area contributed by atoms with E-state index < -0.39 is 17.4 Å². The van der Waals surface area contributed by atoms with Crippen molar-refractivity contribution in [2.75, 3.05) is 20.2 Å².